The van der Waals surface area contributed by atoms with E-state index in [1.807, 2.05) is 25.1 Å². The van der Waals surface area contributed by atoms with Crippen LogP contribution in [0.15, 0.2) is 37.7 Å². The van der Waals surface area contributed by atoms with E-state index in [0.29, 0.717) is 16.7 Å². The van der Waals surface area contributed by atoms with Crippen LogP contribution in [0.3, 0.4) is 0 Å². The van der Waals surface area contributed by atoms with Crippen molar-refractivity contribution in [2.24, 2.45) is 0 Å². The summed E-state index contributed by atoms with van der Waals surface area (Å²) in [7, 11) is 0. The fourth-order valence-corrected chi connectivity index (χ4v) is 5.05. The van der Waals surface area contributed by atoms with E-state index in [1.54, 1.807) is 40.9 Å². The minimum Gasteiger partial charge on any atom is -0.309 e. The first kappa shape index (κ1) is 15.5. The highest BCUT2D eigenvalue weighted by Gasteiger charge is 2.15. The maximum atomic E-state index is 12.1. The van der Waals surface area contributed by atoms with E-state index in [4.69, 9.17) is 0 Å². The molecule has 1 atom stereocenters. The van der Waals surface area contributed by atoms with E-state index in [1.165, 1.54) is 0 Å². The summed E-state index contributed by atoms with van der Waals surface area (Å²) in [5.41, 5.74) is 0.612. The summed E-state index contributed by atoms with van der Waals surface area (Å²) in [5.74, 6) is 1.64. The van der Waals surface area contributed by atoms with Crippen LogP contribution in [-0.2, 0) is 0 Å². The molecule has 0 radical (unpaired) electrons. The molecule has 114 valence electrons. The molecule has 2 aromatic heterocycles. The average molecular weight is 350 g/mol. The van der Waals surface area contributed by atoms with Crippen LogP contribution in [0, 0.1) is 0 Å². The maximum absolute atomic E-state index is 12.1. The lowest BCUT2D eigenvalue weighted by Crippen LogP contribution is -2.12. The lowest BCUT2D eigenvalue weighted by atomic mass is 10.2. The Morgan fingerprint density at radius 1 is 1.27 bits per heavy atom. The van der Waals surface area contributed by atoms with Crippen molar-refractivity contribution in [1.82, 2.24) is 20.2 Å². The van der Waals surface area contributed by atoms with E-state index >= 15 is 0 Å². The van der Waals surface area contributed by atoms with Gasteiger partial charge in [0.1, 0.15) is 5.82 Å². The molecule has 22 heavy (non-hydrogen) atoms. The topological polar surface area (TPSA) is 71.5 Å². The molecule has 0 amide bonds. The van der Waals surface area contributed by atoms with Crippen LogP contribution in [0.2, 0.25) is 0 Å². The summed E-state index contributed by atoms with van der Waals surface area (Å²) in [6.07, 6.45) is 0. The van der Waals surface area contributed by atoms with Crippen LogP contribution < -0.4 is 5.56 Å². The lowest BCUT2D eigenvalue weighted by molar-refractivity contribution is 0.910. The molecule has 0 aliphatic carbocycles. The molecule has 0 aliphatic rings. The molecule has 0 fully saturated rings. The number of nitrogens with zero attached hydrogens (tertiary/aromatic N) is 3. The first-order valence-electron chi connectivity index (χ1n) is 6.79. The molecule has 8 heteroatoms. The number of H-pyrrole nitrogens is 1. The molecule has 1 N–H and O–H groups in total. The van der Waals surface area contributed by atoms with Gasteiger partial charge in [0.2, 0.25) is 0 Å². The number of hydrogen-bond acceptors (Lipinski definition) is 7. The van der Waals surface area contributed by atoms with Gasteiger partial charge in [-0.05, 0) is 24.8 Å². The van der Waals surface area contributed by atoms with Gasteiger partial charge >= 0.3 is 0 Å². The number of thioether (sulfide) groups is 2. The molecule has 0 saturated carbocycles. The van der Waals surface area contributed by atoms with Gasteiger partial charge in [0.15, 0.2) is 8.68 Å². The highest BCUT2D eigenvalue weighted by molar-refractivity contribution is 8.03. The van der Waals surface area contributed by atoms with Crippen molar-refractivity contribution < 1.29 is 0 Å². The standard InChI is InChI=1S/C14H14N4OS3/c1-3-20-13-17-18-14(22-13)21-8(2)11-15-10-7-5-4-6-9(10)12(19)16-11/h4-8H,3H2,1-2H3,(H,15,16,19)/t8-/m1/s1. The van der Waals surface area contributed by atoms with Crippen molar-refractivity contribution in [2.75, 3.05) is 5.75 Å². The second-order valence-electron chi connectivity index (χ2n) is 4.50. The molecule has 0 bridgehead atoms. The Labute approximate surface area is 140 Å². The molecule has 2 heterocycles. The highest BCUT2D eigenvalue weighted by atomic mass is 32.2. The number of rotatable bonds is 5. The minimum atomic E-state index is -0.104. The predicted octanol–water partition coefficient (Wildman–Crippen LogP) is 3.74. The summed E-state index contributed by atoms with van der Waals surface area (Å²) in [4.78, 5) is 19.5. The molecular weight excluding hydrogens is 336 g/mol. The smallest absolute Gasteiger partial charge is 0.258 e. The SMILES string of the molecule is CCSc1nnc(S[C@H](C)c2nc3ccccc3c(=O)[nH]2)s1. The second kappa shape index (κ2) is 6.80. The lowest BCUT2D eigenvalue weighted by Gasteiger charge is -2.08. The summed E-state index contributed by atoms with van der Waals surface area (Å²) in [6, 6.07) is 7.36. The van der Waals surface area contributed by atoms with Gasteiger partial charge in [-0.3, -0.25) is 4.79 Å². The highest BCUT2D eigenvalue weighted by Crippen LogP contribution is 2.36. The fraction of sp³-hybridized carbons (Fsp3) is 0.286. The minimum absolute atomic E-state index is 0.00438. The van der Waals surface area contributed by atoms with Crippen molar-refractivity contribution in [2.45, 2.75) is 27.8 Å². The molecule has 0 aliphatic heterocycles. The maximum Gasteiger partial charge on any atom is 0.258 e. The zero-order valence-electron chi connectivity index (χ0n) is 12.1. The number of benzene rings is 1. The third kappa shape index (κ3) is 3.34. The molecule has 3 rings (SSSR count). The Kier molecular flexibility index (Phi) is 4.80. The molecule has 0 spiro atoms. The monoisotopic (exact) mass is 350 g/mol. The zero-order chi connectivity index (χ0) is 15.5. The molecule has 3 aromatic rings. The number of hydrogen-bond donors (Lipinski definition) is 1. The van der Waals surface area contributed by atoms with Crippen LogP contribution in [0.4, 0.5) is 0 Å². The van der Waals surface area contributed by atoms with E-state index < -0.39 is 0 Å². The number of nitrogens with one attached hydrogen (secondary N) is 1. The van der Waals surface area contributed by atoms with Gasteiger partial charge < -0.3 is 4.98 Å². The Bertz CT molecular complexity index is 845. The van der Waals surface area contributed by atoms with Gasteiger partial charge in [0.25, 0.3) is 5.56 Å². The number of para-hydroxylation sites is 1. The molecule has 0 unspecified atom stereocenters. The van der Waals surface area contributed by atoms with Crippen LogP contribution in [-0.4, -0.2) is 25.9 Å². The average Bonchev–Trinajstić information content (AvgIpc) is 2.95. The van der Waals surface area contributed by atoms with E-state index in [9.17, 15) is 4.79 Å². The van der Waals surface area contributed by atoms with Crippen LogP contribution in [0.25, 0.3) is 10.9 Å². The summed E-state index contributed by atoms with van der Waals surface area (Å²) < 4.78 is 1.86. The number of aromatic amines is 1. The normalized spacial score (nSPS) is 12.6. The van der Waals surface area contributed by atoms with Gasteiger partial charge in [0, 0.05) is 0 Å². The van der Waals surface area contributed by atoms with Crippen molar-refractivity contribution in [1.29, 1.82) is 0 Å². The summed E-state index contributed by atoms with van der Waals surface area (Å²) >= 11 is 4.81. The largest absolute Gasteiger partial charge is 0.309 e. The second-order valence-corrected chi connectivity index (χ2v) is 8.57. The van der Waals surface area contributed by atoms with Crippen molar-refractivity contribution in [3.05, 3.63) is 40.4 Å². The van der Waals surface area contributed by atoms with Crippen LogP contribution in [0.5, 0.6) is 0 Å². The fourth-order valence-electron chi connectivity index (χ4n) is 1.93. The van der Waals surface area contributed by atoms with E-state index in [-0.39, 0.29) is 10.8 Å². The quantitative estimate of drug-likeness (QED) is 0.707. The van der Waals surface area contributed by atoms with Gasteiger partial charge in [0.05, 0.1) is 16.2 Å². The Morgan fingerprint density at radius 3 is 2.86 bits per heavy atom. The first-order valence-corrected chi connectivity index (χ1v) is 9.47. The number of fused-ring (bicyclic) bond motifs is 1. The zero-order valence-corrected chi connectivity index (χ0v) is 14.5. The Balaban J connectivity index is 1.85. The third-order valence-electron chi connectivity index (χ3n) is 2.95. The number of aromatic nitrogens is 4. The summed E-state index contributed by atoms with van der Waals surface area (Å²) in [5, 5.41) is 8.93. The molecule has 0 saturated heterocycles. The molecule has 1 aromatic carbocycles. The van der Waals surface area contributed by atoms with Gasteiger partial charge in [-0.25, -0.2) is 4.98 Å². The Hall–Kier alpha value is -1.38. The molecule has 5 nitrogen and oxygen atoms in total. The Morgan fingerprint density at radius 2 is 2.05 bits per heavy atom. The van der Waals surface area contributed by atoms with Gasteiger partial charge in [-0.15, -0.1) is 10.2 Å². The third-order valence-corrected chi connectivity index (χ3v) is 6.08. The summed E-state index contributed by atoms with van der Waals surface area (Å²) in [6.45, 7) is 4.09. The molecular formula is C14H14N4OS3. The van der Waals surface area contributed by atoms with Crippen molar-refractivity contribution in [3.63, 3.8) is 0 Å². The van der Waals surface area contributed by atoms with Crippen molar-refractivity contribution >= 4 is 45.8 Å². The van der Waals surface area contributed by atoms with Gasteiger partial charge in [-0.2, -0.15) is 0 Å². The van der Waals surface area contributed by atoms with Gasteiger partial charge in [-0.1, -0.05) is 53.9 Å². The predicted molar refractivity (Wildman–Crippen MR) is 92.9 cm³/mol. The first-order chi connectivity index (χ1) is 10.7. The van der Waals surface area contributed by atoms with E-state index in [2.05, 4.69) is 27.1 Å². The van der Waals surface area contributed by atoms with E-state index in [0.717, 1.165) is 14.4 Å². The van der Waals surface area contributed by atoms with Crippen LogP contribution in [0.1, 0.15) is 24.9 Å². The van der Waals surface area contributed by atoms with Crippen molar-refractivity contribution in [3.8, 4) is 0 Å². The van der Waals surface area contributed by atoms with Crippen LogP contribution >= 0.6 is 34.9 Å².